The van der Waals surface area contributed by atoms with Gasteiger partial charge in [-0.25, -0.2) is 0 Å². The van der Waals surface area contributed by atoms with E-state index in [9.17, 15) is 4.79 Å². The first-order chi connectivity index (χ1) is 13.7. The van der Waals surface area contributed by atoms with E-state index in [1.54, 1.807) is 18.4 Å². The van der Waals surface area contributed by atoms with Gasteiger partial charge in [-0.2, -0.15) is 0 Å². The van der Waals surface area contributed by atoms with Crippen LogP contribution in [0.4, 0.5) is 0 Å². The summed E-state index contributed by atoms with van der Waals surface area (Å²) in [6, 6.07) is 19.8. The molecule has 0 saturated carbocycles. The van der Waals surface area contributed by atoms with E-state index in [0.717, 1.165) is 31.6 Å². The highest BCUT2D eigenvalue weighted by atomic mass is 79.9. The van der Waals surface area contributed by atoms with Crippen LogP contribution >= 0.6 is 27.3 Å². The fourth-order valence-electron chi connectivity index (χ4n) is 3.26. The topological polar surface area (TPSA) is 43.3 Å². The van der Waals surface area contributed by atoms with Crippen molar-refractivity contribution in [1.29, 1.82) is 0 Å². The number of carbonyl (C=O) groups is 1. The van der Waals surface area contributed by atoms with E-state index in [0.29, 0.717) is 18.8 Å². The lowest BCUT2D eigenvalue weighted by molar-refractivity contribution is 0.0942. The molecule has 0 aliphatic carbocycles. The molecule has 4 rings (SSSR count). The van der Waals surface area contributed by atoms with Crippen LogP contribution in [0.2, 0.25) is 0 Å². The molecule has 2 aromatic heterocycles. The van der Waals surface area contributed by atoms with Crippen LogP contribution in [0.1, 0.15) is 21.6 Å². The number of benzene rings is 2. The third-order valence-electron chi connectivity index (χ3n) is 4.63. The standard InChI is InChI=1S/C22H19BrN2O2S/c1-27-19-10-6-5-9-16(19)13-25-18(11-20-21(25)17(23)14-28-20)22(26)24-12-15-7-3-2-4-8-15/h2-11,14H,12-13H2,1H3,(H,24,26). The number of halogens is 1. The zero-order valence-corrected chi connectivity index (χ0v) is 17.7. The number of rotatable bonds is 6. The summed E-state index contributed by atoms with van der Waals surface area (Å²) in [4.78, 5) is 13.0. The first-order valence-electron chi connectivity index (χ1n) is 8.87. The summed E-state index contributed by atoms with van der Waals surface area (Å²) >= 11 is 5.25. The molecule has 1 N–H and O–H groups in total. The quantitative estimate of drug-likeness (QED) is 0.420. The molecule has 28 heavy (non-hydrogen) atoms. The lowest BCUT2D eigenvalue weighted by Crippen LogP contribution is -2.25. The Morgan fingerprint density at radius 2 is 1.89 bits per heavy atom. The molecule has 0 radical (unpaired) electrons. The summed E-state index contributed by atoms with van der Waals surface area (Å²) in [5, 5.41) is 5.09. The predicted molar refractivity (Wildman–Crippen MR) is 117 cm³/mol. The summed E-state index contributed by atoms with van der Waals surface area (Å²) in [7, 11) is 1.66. The van der Waals surface area contributed by atoms with Crippen molar-refractivity contribution in [1.82, 2.24) is 9.88 Å². The molecule has 142 valence electrons. The number of aromatic nitrogens is 1. The highest BCUT2D eigenvalue weighted by Crippen LogP contribution is 2.34. The van der Waals surface area contributed by atoms with Gasteiger partial charge in [-0.05, 0) is 33.6 Å². The summed E-state index contributed by atoms with van der Waals surface area (Å²) in [5.74, 6) is 0.723. The van der Waals surface area contributed by atoms with Crippen molar-refractivity contribution >= 4 is 43.4 Å². The fourth-order valence-corrected chi connectivity index (χ4v) is 4.95. The van der Waals surface area contributed by atoms with Crippen LogP contribution in [-0.4, -0.2) is 17.6 Å². The zero-order chi connectivity index (χ0) is 19.5. The van der Waals surface area contributed by atoms with Crippen molar-refractivity contribution in [2.24, 2.45) is 0 Å². The molecule has 0 atom stereocenters. The average Bonchev–Trinajstić information content (AvgIpc) is 3.27. The number of thiophene rings is 1. The largest absolute Gasteiger partial charge is 0.496 e. The maximum absolute atomic E-state index is 13.0. The van der Waals surface area contributed by atoms with Crippen molar-refractivity contribution in [3.8, 4) is 5.75 Å². The summed E-state index contributed by atoms with van der Waals surface area (Å²) in [5.41, 5.74) is 3.77. The van der Waals surface area contributed by atoms with E-state index in [2.05, 4.69) is 26.6 Å². The molecule has 1 amide bonds. The van der Waals surface area contributed by atoms with Gasteiger partial charge in [0.2, 0.25) is 0 Å². The Labute approximate surface area is 175 Å². The molecular weight excluding hydrogens is 436 g/mol. The van der Waals surface area contributed by atoms with Crippen LogP contribution in [0.3, 0.4) is 0 Å². The summed E-state index contributed by atoms with van der Waals surface area (Å²) in [6.45, 7) is 1.05. The third-order valence-corrected chi connectivity index (χ3v) is 6.45. The number of carbonyl (C=O) groups excluding carboxylic acids is 1. The Kier molecular flexibility index (Phi) is 5.50. The van der Waals surface area contributed by atoms with Gasteiger partial charge >= 0.3 is 0 Å². The molecule has 4 nitrogen and oxygen atoms in total. The minimum Gasteiger partial charge on any atom is -0.496 e. The van der Waals surface area contributed by atoms with Gasteiger partial charge in [0.1, 0.15) is 11.4 Å². The number of para-hydroxylation sites is 1. The predicted octanol–water partition coefficient (Wildman–Crippen LogP) is 5.45. The first-order valence-corrected chi connectivity index (χ1v) is 10.5. The third kappa shape index (κ3) is 3.70. The van der Waals surface area contributed by atoms with E-state index in [-0.39, 0.29) is 5.91 Å². The molecule has 6 heteroatoms. The summed E-state index contributed by atoms with van der Waals surface area (Å²) < 4.78 is 9.62. The molecule has 0 fully saturated rings. The minimum atomic E-state index is -0.0888. The second-order valence-electron chi connectivity index (χ2n) is 6.39. The van der Waals surface area contributed by atoms with Gasteiger partial charge in [-0.15, -0.1) is 11.3 Å². The molecule has 0 spiro atoms. The van der Waals surface area contributed by atoms with Crippen molar-refractivity contribution in [3.63, 3.8) is 0 Å². The van der Waals surface area contributed by atoms with Crippen molar-refractivity contribution in [3.05, 3.63) is 87.3 Å². The Balaban J connectivity index is 1.68. The molecule has 2 heterocycles. The minimum absolute atomic E-state index is 0.0888. The van der Waals surface area contributed by atoms with Crippen LogP contribution in [0.5, 0.6) is 5.75 Å². The van der Waals surface area contributed by atoms with Gasteiger partial charge in [0.15, 0.2) is 0 Å². The van der Waals surface area contributed by atoms with Crippen LogP contribution in [-0.2, 0) is 13.1 Å². The molecule has 0 bridgehead atoms. The van der Waals surface area contributed by atoms with Crippen LogP contribution in [0.15, 0.2) is 70.5 Å². The first kappa shape index (κ1) is 18.8. The highest BCUT2D eigenvalue weighted by molar-refractivity contribution is 9.10. The van der Waals surface area contributed by atoms with Crippen molar-refractivity contribution in [2.45, 2.75) is 13.1 Å². The number of hydrogen-bond donors (Lipinski definition) is 1. The van der Waals surface area contributed by atoms with Crippen LogP contribution < -0.4 is 10.1 Å². The van der Waals surface area contributed by atoms with Crippen LogP contribution in [0.25, 0.3) is 10.2 Å². The van der Waals surface area contributed by atoms with Gasteiger partial charge in [-0.3, -0.25) is 4.79 Å². The lowest BCUT2D eigenvalue weighted by atomic mass is 10.2. The lowest BCUT2D eigenvalue weighted by Gasteiger charge is -2.14. The van der Waals surface area contributed by atoms with E-state index >= 15 is 0 Å². The zero-order valence-electron chi connectivity index (χ0n) is 15.3. The number of ether oxygens (including phenoxy) is 1. The number of fused-ring (bicyclic) bond motifs is 1. The highest BCUT2D eigenvalue weighted by Gasteiger charge is 2.19. The molecule has 2 aromatic carbocycles. The number of hydrogen-bond acceptors (Lipinski definition) is 3. The van der Waals surface area contributed by atoms with Crippen LogP contribution in [0, 0.1) is 0 Å². The SMILES string of the molecule is COc1ccccc1Cn1c(C(=O)NCc2ccccc2)cc2scc(Br)c21. The van der Waals surface area contributed by atoms with E-state index in [4.69, 9.17) is 4.74 Å². The number of nitrogens with zero attached hydrogens (tertiary/aromatic N) is 1. The van der Waals surface area contributed by atoms with Crippen molar-refractivity contribution in [2.75, 3.05) is 7.11 Å². The van der Waals surface area contributed by atoms with E-state index in [1.807, 2.05) is 65.2 Å². The normalized spacial score (nSPS) is 10.9. The number of methoxy groups -OCH3 is 1. The Morgan fingerprint density at radius 3 is 2.68 bits per heavy atom. The maximum Gasteiger partial charge on any atom is 0.268 e. The van der Waals surface area contributed by atoms with Gasteiger partial charge in [0.05, 0.1) is 28.3 Å². The maximum atomic E-state index is 13.0. The molecule has 0 saturated heterocycles. The van der Waals surface area contributed by atoms with Crippen molar-refractivity contribution < 1.29 is 9.53 Å². The monoisotopic (exact) mass is 454 g/mol. The van der Waals surface area contributed by atoms with Gasteiger partial charge < -0.3 is 14.6 Å². The summed E-state index contributed by atoms with van der Waals surface area (Å²) in [6.07, 6.45) is 0. The van der Waals surface area contributed by atoms with Gasteiger partial charge in [-0.1, -0.05) is 48.5 Å². The van der Waals surface area contributed by atoms with E-state index in [1.165, 1.54) is 0 Å². The fraction of sp³-hybridized carbons (Fsp3) is 0.136. The second-order valence-corrected chi connectivity index (χ2v) is 8.16. The molecule has 4 aromatic rings. The van der Waals surface area contributed by atoms with Gasteiger partial charge in [0.25, 0.3) is 5.91 Å². The molecule has 0 unspecified atom stereocenters. The molecule has 0 aliphatic heterocycles. The second kappa shape index (κ2) is 8.20. The number of amides is 1. The number of nitrogens with one attached hydrogen (secondary N) is 1. The molecular formula is C22H19BrN2O2S. The Bertz CT molecular complexity index is 1120. The Morgan fingerprint density at radius 1 is 1.14 bits per heavy atom. The van der Waals surface area contributed by atoms with Gasteiger partial charge in [0, 0.05) is 17.5 Å². The molecule has 0 aliphatic rings. The smallest absolute Gasteiger partial charge is 0.268 e. The van der Waals surface area contributed by atoms with E-state index < -0.39 is 0 Å². The Hall–Kier alpha value is -2.57. The average molecular weight is 455 g/mol.